The van der Waals surface area contributed by atoms with Crippen LogP contribution < -0.4 is 5.32 Å². The van der Waals surface area contributed by atoms with Gasteiger partial charge in [-0.2, -0.15) is 0 Å². The molecule has 20 heavy (non-hydrogen) atoms. The predicted molar refractivity (Wildman–Crippen MR) is 86.9 cm³/mol. The van der Waals surface area contributed by atoms with Crippen molar-refractivity contribution in [3.63, 3.8) is 0 Å². The Bertz CT molecular complexity index is 561. The Hall–Kier alpha value is -1.34. The summed E-state index contributed by atoms with van der Waals surface area (Å²) in [6.07, 6.45) is 5.48. The third-order valence-electron chi connectivity index (χ3n) is 5.00. The summed E-state index contributed by atoms with van der Waals surface area (Å²) >= 11 is 0. The first kappa shape index (κ1) is 13.6. The number of fused-ring (bicyclic) bond motifs is 1. The molecular formula is C19H25N. The molecular weight excluding hydrogens is 242 g/mol. The number of nitrogens with one attached hydrogen (secondary N) is 1. The minimum atomic E-state index is 0.494. The molecule has 1 heteroatoms. The molecule has 2 aromatic carbocycles. The van der Waals surface area contributed by atoms with E-state index in [1.165, 1.54) is 42.0 Å². The van der Waals surface area contributed by atoms with Gasteiger partial charge in [-0.15, -0.1) is 0 Å². The molecule has 0 radical (unpaired) electrons. The summed E-state index contributed by atoms with van der Waals surface area (Å²) in [5, 5.41) is 6.36. The summed E-state index contributed by atoms with van der Waals surface area (Å²) in [6, 6.07) is 16.0. The maximum Gasteiger partial charge on any atom is 0.0352 e. The van der Waals surface area contributed by atoms with E-state index in [4.69, 9.17) is 0 Å². The molecule has 1 atom stereocenters. The molecule has 1 fully saturated rings. The van der Waals surface area contributed by atoms with Crippen LogP contribution in [0.15, 0.2) is 42.5 Å². The second-order valence-corrected chi connectivity index (χ2v) is 6.35. The molecule has 3 rings (SSSR count). The lowest BCUT2D eigenvalue weighted by molar-refractivity contribution is 0.239. The van der Waals surface area contributed by atoms with Crippen LogP contribution in [0.25, 0.3) is 10.8 Å². The minimum absolute atomic E-state index is 0.494. The van der Waals surface area contributed by atoms with Crippen LogP contribution in [0.2, 0.25) is 0 Å². The first-order valence-electron chi connectivity index (χ1n) is 7.94. The fourth-order valence-corrected chi connectivity index (χ4v) is 3.79. The van der Waals surface area contributed by atoms with Crippen LogP contribution in [0.3, 0.4) is 0 Å². The van der Waals surface area contributed by atoms with Gasteiger partial charge in [0.1, 0.15) is 0 Å². The SMILES string of the molecule is CNC(c1cccc2ccccc12)C1CCC(C)CC1. The zero-order chi connectivity index (χ0) is 13.9. The fourth-order valence-electron chi connectivity index (χ4n) is 3.79. The third kappa shape index (κ3) is 2.60. The van der Waals surface area contributed by atoms with E-state index in [-0.39, 0.29) is 0 Å². The van der Waals surface area contributed by atoms with Crippen molar-refractivity contribution in [1.82, 2.24) is 5.32 Å². The predicted octanol–water partition coefficient (Wildman–Crippen LogP) is 4.93. The Kier molecular flexibility index (Phi) is 4.07. The van der Waals surface area contributed by atoms with E-state index in [9.17, 15) is 0 Å². The Morgan fingerprint density at radius 2 is 1.65 bits per heavy atom. The molecule has 0 bridgehead atoms. The van der Waals surface area contributed by atoms with Crippen molar-refractivity contribution in [3.8, 4) is 0 Å². The zero-order valence-corrected chi connectivity index (χ0v) is 12.6. The molecule has 1 nitrogen and oxygen atoms in total. The molecule has 1 aliphatic rings. The highest BCUT2D eigenvalue weighted by Crippen LogP contribution is 2.38. The van der Waals surface area contributed by atoms with E-state index in [1.807, 2.05) is 0 Å². The van der Waals surface area contributed by atoms with Crippen molar-refractivity contribution in [2.45, 2.75) is 38.6 Å². The van der Waals surface area contributed by atoms with Gasteiger partial charge in [0.25, 0.3) is 0 Å². The number of hydrogen-bond donors (Lipinski definition) is 1. The highest BCUT2D eigenvalue weighted by Gasteiger charge is 2.26. The molecule has 1 unspecified atom stereocenters. The molecule has 2 aromatic rings. The maximum atomic E-state index is 3.60. The summed E-state index contributed by atoms with van der Waals surface area (Å²) in [6.45, 7) is 2.39. The maximum absolute atomic E-state index is 3.60. The topological polar surface area (TPSA) is 12.0 Å². The molecule has 0 amide bonds. The first-order chi connectivity index (χ1) is 9.79. The highest BCUT2D eigenvalue weighted by atomic mass is 14.9. The Morgan fingerprint density at radius 3 is 2.40 bits per heavy atom. The van der Waals surface area contributed by atoms with Crippen LogP contribution in [0.5, 0.6) is 0 Å². The van der Waals surface area contributed by atoms with Gasteiger partial charge in [-0.1, -0.05) is 62.2 Å². The molecule has 0 aliphatic heterocycles. The normalized spacial score (nSPS) is 24.7. The van der Waals surface area contributed by atoms with Crippen LogP contribution in [0.4, 0.5) is 0 Å². The second kappa shape index (κ2) is 5.97. The van der Waals surface area contributed by atoms with Gasteiger partial charge >= 0.3 is 0 Å². The first-order valence-corrected chi connectivity index (χ1v) is 7.94. The largest absolute Gasteiger partial charge is 0.313 e. The summed E-state index contributed by atoms with van der Waals surface area (Å²) in [7, 11) is 2.12. The van der Waals surface area contributed by atoms with Crippen molar-refractivity contribution in [2.24, 2.45) is 11.8 Å². The molecule has 0 aromatic heterocycles. The molecule has 1 aliphatic carbocycles. The minimum Gasteiger partial charge on any atom is -0.313 e. The lowest BCUT2D eigenvalue weighted by Crippen LogP contribution is -2.28. The van der Waals surface area contributed by atoms with Gasteiger partial charge in [0.05, 0.1) is 0 Å². The molecule has 0 saturated heterocycles. The standard InChI is InChI=1S/C19H25N/c1-14-10-12-16(13-11-14)19(20-2)18-9-5-7-15-6-3-4-8-17(15)18/h3-9,14,16,19-20H,10-13H2,1-2H3. The summed E-state index contributed by atoms with van der Waals surface area (Å²) in [5.41, 5.74) is 1.48. The lowest BCUT2D eigenvalue weighted by Gasteiger charge is -2.33. The van der Waals surface area contributed by atoms with Gasteiger partial charge in [0, 0.05) is 6.04 Å². The quantitative estimate of drug-likeness (QED) is 0.831. The van der Waals surface area contributed by atoms with E-state index in [1.54, 1.807) is 0 Å². The van der Waals surface area contributed by atoms with E-state index in [0.29, 0.717) is 6.04 Å². The van der Waals surface area contributed by atoms with Gasteiger partial charge < -0.3 is 5.32 Å². The van der Waals surface area contributed by atoms with Crippen molar-refractivity contribution in [2.75, 3.05) is 7.05 Å². The molecule has 1 N–H and O–H groups in total. The zero-order valence-electron chi connectivity index (χ0n) is 12.6. The second-order valence-electron chi connectivity index (χ2n) is 6.35. The Morgan fingerprint density at radius 1 is 0.950 bits per heavy atom. The smallest absolute Gasteiger partial charge is 0.0352 e. The van der Waals surface area contributed by atoms with Crippen molar-refractivity contribution >= 4 is 10.8 Å². The highest BCUT2D eigenvalue weighted by molar-refractivity contribution is 5.86. The Balaban J connectivity index is 1.95. The van der Waals surface area contributed by atoms with Crippen LogP contribution in [0, 0.1) is 11.8 Å². The molecule has 0 spiro atoms. The monoisotopic (exact) mass is 267 g/mol. The lowest BCUT2D eigenvalue weighted by atomic mass is 9.76. The van der Waals surface area contributed by atoms with Crippen molar-refractivity contribution in [1.29, 1.82) is 0 Å². The van der Waals surface area contributed by atoms with E-state index in [0.717, 1.165) is 11.8 Å². The fraction of sp³-hybridized carbons (Fsp3) is 0.474. The van der Waals surface area contributed by atoms with E-state index < -0.39 is 0 Å². The molecule has 0 heterocycles. The van der Waals surface area contributed by atoms with Gasteiger partial charge in [0.15, 0.2) is 0 Å². The van der Waals surface area contributed by atoms with Crippen LogP contribution in [0.1, 0.15) is 44.2 Å². The van der Waals surface area contributed by atoms with Gasteiger partial charge in [-0.25, -0.2) is 0 Å². The van der Waals surface area contributed by atoms with Crippen LogP contribution in [-0.2, 0) is 0 Å². The van der Waals surface area contributed by atoms with E-state index in [2.05, 4.69) is 61.8 Å². The number of benzene rings is 2. The van der Waals surface area contributed by atoms with Gasteiger partial charge in [0.2, 0.25) is 0 Å². The van der Waals surface area contributed by atoms with Crippen LogP contribution in [-0.4, -0.2) is 7.05 Å². The van der Waals surface area contributed by atoms with Crippen molar-refractivity contribution < 1.29 is 0 Å². The van der Waals surface area contributed by atoms with Crippen molar-refractivity contribution in [3.05, 3.63) is 48.0 Å². The number of rotatable bonds is 3. The van der Waals surface area contributed by atoms with Crippen LogP contribution >= 0.6 is 0 Å². The summed E-state index contributed by atoms with van der Waals surface area (Å²) < 4.78 is 0. The van der Waals surface area contributed by atoms with Gasteiger partial charge in [-0.05, 0) is 48.1 Å². The average molecular weight is 267 g/mol. The summed E-state index contributed by atoms with van der Waals surface area (Å²) in [4.78, 5) is 0. The third-order valence-corrected chi connectivity index (χ3v) is 5.00. The molecule has 106 valence electrons. The number of hydrogen-bond acceptors (Lipinski definition) is 1. The summed E-state index contributed by atoms with van der Waals surface area (Å²) in [5.74, 6) is 1.69. The van der Waals surface area contributed by atoms with Gasteiger partial charge in [-0.3, -0.25) is 0 Å². The average Bonchev–Trinajstić information content (AvgIpc) is 2.50. The molecule has 1 saturated carbocycles. The van der Waals surface area contributed by atoms with E-state index >= 15 is 0 Å². The Labute approximate surface area is 122 Å².